The summed E-state index contributed by atoms with van der Waals surface area (Å²) in [5.74, 6) is 0.771. The van der Waals surface area contributed by atoms with E-state index < -0.39 is 0 Å². The van der Waals surface area contributed by atoms with Crippen LogP contribution in [-0.4, -0.2) is 28.9 Å². The molecule has 3 rings (SSSR count). The lowest BCUT2D eigenvalue weighted by Crippen LogP contribution is -2.27. The summed E-state index contributed by atoms with van der Waals surface area (Å²) in [4.78, 5) is 4.06. The number of benzene rings is 1. The fourth-order valence-corrected chi connectivity index (χ4v) is 3.96. The molecule has 2 nitrogen and oxygen atoms in total. The zero-order valence-electron chi connectivity index (χ0n) is 12.8. The number of rotatable bonds is 6. The van der Waals surface area contributed by atoms with Gasteiger partial charge in [-0.05, 0) is 55.9 Å². The number of hydrogen-bond donors (Lipinski definition) is 0. The second kappa shape index (κ2) is 7.19. The average molecular weight is 300 g/mol. The van der Waals surface area contributed by atoms with Gasteiger partial charge in [0.15, 0.2) is 0 Å². The van der Waals surface area contributed by atoms with Gasteiger partial charge >= 0.3 is 0 Å². The molecule has 1 atom stereocenters. The summed E-state index contributed by atoms with van der Waals surface area (Å²) >= 11 is 1.68. The Bertz CT molecular complexity index is 543. The molecule has 1 fully saturated rings. The summed E-state index contributed by atoms with van der Waals surface area (Å²) in [5.41, 5.74) is 2.36. The van der Waals surface area contributed by atoms with E-state index in [4.69, 9.17) is 0 Å². The van der Waals surface area contributed by atoms with Crippen LogP contribution in [0.3, 0.4) is 0 Å². The summed E-state index contributed by atoms with van der Waals surface area (Å²) in [6.07, 6.45) is 5.21. The molecule has 2 aromatic rings. The molecule has 0 saturated carbocycles. The minimum Gasteiger partial charge on any atom is -0.303 e. The molecule has 1 aliphatic heterocycles. The van der Waals surface area contributed by atoms with Gasteiger partial charge in [-0.15, -0.1) is 0 Å². The number of aromatic nitrogens is 1. The molecular weight excluding hydrogens is 276 g/mol. The standard InChI is InChI=1S/C18H24N2S/c1-2-15(14-20-10-6-7-11-20)12-17-13-18(19-21-17)16-8-4-3-5-9-16/h3-5,8-9,13,15H,2,6-7,10-12,14H2,1H3. The van der Waals surface area contributed by atoms with Crippen LogP contribution in [0.15, 0.2) is 36.4 Å². The minimum atomic E-state index is 0.771. The Hall–Kier alpha value is -1.19. The number of hydrogen-bond acceptors (Lipinski definition) is 3. The minimum absolute atomic E-state index is 0.771. The number of nitrogens with zero attached hydrogens (tertiary/aromatic N) is 2. The van der Waals surface area contributed by atoms with Gasteiger partial charge in [0.25, 0.3) is 0 Å². The Morgan fingerprint density at radius 1 is 1.19 bits per heavy atom. The molecule has 1 aromatic carbocycles. The molecule has 0 bridgehead atoms. The van der Waals surface area contributed by atoms with E-state index in [0.29, 0.717) is 0 Å². The molecule has 0 spiro atoms. The summed E-state index contributed by atoms with van der Waals surface area (Å²) in [6, 6.07) is 12.8. The normalized spacial score (nSPS) is 17.2. The van der Waals surface area contributed by atoms with E-state index in [1.165, 1.54) is 55.8 Å². The van der Waals surface area contributed by atoms with Crippen LogP contribution in [0.25, 0.3) is 11.3 Å². The van der Waals surface area contributed by atoms with Crippen LogP contribution < -0.4 is 0 Å². The van der Waals surface area contributed by atoms with Crippen molar-refractivity contribution >= 4 is 11.5 Å². The summed E-state index contributed by atoms with van der Waals surface area (Å²) in [7, 11) is 0. The Kier molecular flexibility index (Phi) is 5.04. The molecular formula is C18H24N2S. The molecule has 0 N–H and O–H groups in total. The van der Waals surface area contributed by atoms with Crippen molar-refractivity contribution in [1.29, 1.82) is 0 Å². The first-order valence-electron chi connectivity index (χ1n) is 8.08. The predicted octanol–water partition coefficient (Wildman–Crippen LogP) is 4.47. The Labute approximate surface area is 132 Å². The topological polar surface area (TPSA) is 16.1 Å². The molecule has 3 heteroatoms. The van der Waals surface area contributed by atoms with Gasteiger partial charge in [0.05, 0.1) is 5.69 Å². The van der Waals surface area contributed by atoms with E-state index in [9.17, 15) is 0 Å². The van der Waals surface area contributed by atoms with E-state index in [1.54, 1.807) is 11.5 Å². The third-order valence-electron chi connectivity index (χ3n) is 4.41. The van der Waals surface area contributed by atoms with E-state index in [-0.39, 0.29) is 0 Å². The highest BCUT2D eigenvalue weighted by Crippen LogP contribution is 2.25. The molecule has 1 unspecified atom stereocenters. The lowest BCUT2D eigenvalue weighted by atomic mass is 10.0. The highest BCUT2D eigenvalue weighted by Gasteiger charge is 2.17. The molecule has 1 aliphatic rings. The smallest absolute Gasteiger partial charge is 0.0843 e. The van der Waals surface area contributed by atoms with Gasteiger partial charge in [-0.3, -0.25) is 0 Å². The molecule has 1 saturated heterocycles. The first-order valence-corrected chi connectivity index (χ1v) is 8.86. The van der Waals surface area contributed by atoms with E-state index in [1.807, 2.05) is 0 Å². The maximum Gasteiger partial charge on any atom is 0.0843 e. The Morgan fingerprint density at radius 2 is 1.95 bits per heavy atom. The van der Waals surface area contributed by atoms with Crippen molar-refractivity contribution in [3.05, 3.63) is 41.3 Å². The predicted molar refractivity (Wildman–Crippen MR) is 90.7 cm³/mol. The van der Waals surface area contributed by atoms with Gasteiger partial charge in [0, 0.05) is 17.0 Å². The van der Waals surface area contributed by atoms with Crippen molar-refractivity contribution < 1.29 is 0 Å². The maximum absolute atomic E-state index is 4.63. The lowest BCUT2D eigenvalue weighted by Gasteiger charge is -2.21. The van der Waals surface area contributed by atoms with Gasteiger partial charge < -0.3 is 4.90 Å². The molecule has 0 radical (unpaired) electrons. The van der Waals surface area contributed by atoms with Gasteiger partial charge in [-0.1, -0.05) is 43.7 Å². The molecule has 112 valence electrons. The van der Waals surface area contributed by atoms with Crippen molar-refractivity contribution in [2.24, 2.45) is 5.92 Å². The number of likely N-dealkylation sites (tertiary alicyclic amines) is 1. The fourth-order valence-electron chi connectivity index (χ4n) is 3.11. The van der Waals surface area contributed by atoms with Crippen molar-refractivity contribution in [3.63, 3.8) is 0 Å². The highest BCUT2D eigenvalue weighted by molar-refractivity contribution is 7.06. The van der Waals surface area contributed by atoms with Gasteiger partial charge in [-0.2, -0.15) is 4.37 Å². The van der Waals surface area contributed by atoms with Crippen LogP contribution in [0.1, 0.15) is 31.1 Å². The van der Waals surface area contributed by atoms with Crippen LogP contribution in [0, 0.1) is 5.92 Å². The lowest BCUT2D eigenvalue weighted by molar-refractivity contribution is 0.272. The Balaban J connectivity index is 1.62. The fraction of sp³-hybridized carbons (Fsp3) is 0.500. The van der Waals surface area contributed by atoms with Crippen molar-refractivity contribution in [3.8, 4) is 11.3 Å². The van der Waals surface area contributed by atoms with Crippen LogP contribution in [-0.2, 0) is 6.42 Å². The average Bonchev–Trinajstić information content (AvgIpc) is 3.19. The van der Waals surface area contributed by atoms with Gasteiger partial charge in [0.1, 0.15) is 0 Å². The van der Waals surface area contributed by atoms with Crippen LogP contribution in [0.5, 0.6) is 0 Å². The molecule has 1 aromatic heterocycles. The van der Waals surface area contributed by atoms with Crippen molar-refractivity contribution in [2.75, 3.05) is 19.6 Å². The van der Waals surface area contributed by atoms with Crippen molar-refractivity contribution in [2.45, 2.75) is 32.6 Å². The third-order valence-corrected chi connectivity index (χ3v) is 5.22. The van der Waals surface area contributed by atoms with Gasteiger partial charge in [0.2, 0.25) is 0 Å². The maximum atomic E-state index is 4.63. The van der Waals surface area contributed by atoms with Crippen LogP contribution in [0.2, 0.25) is 0 Å². The first kappa shape index (κ1) is 14.7. The highest BCUT2D eigenvalue weighted by atomic mass is 32.1. The van der Waals surface area contributed by atoms with Crippen LogP contribution >= 0.6 is 11.5 Å². The first-order chi connectivity index (χ1) is 10.3. The van der Waals surface area contributed by atoms with E-state index >= 15 is 0 Å². The largest absolute Gasteiger partial charge is 0.303 e. The summed E-state index contributed by atoms with van der Waals surface area (Å²) in [6.45, 7) is 6.18. The van der Waals surface area contributed by atoms with E-state index in [0.717, 1.165) is 11.6 Å². The monoisotopic (exact) mass is 300 g/mol. The van der Waals surface area contributed by atoms with Crippen molar-refractivity contribution in [1.82, 2.24) is 9.27 Å². The molecule has 21 heavy (non-hydrogen) atoms. The zero-order valence-corrected chi connectivity index (χ0v) is 13.6. The second-order valence-corrected chi connectivity index (χ2v) is 6.92. The summed E-state index contributed by atoms with van der Waals surface area (Å²) < 4.78 is 4.63. The zero-order chi connectivity index (χ0) is 14.5. The molecule has 0 aliphatic carbocycles. The second-order valence-electron chi connectivity index (χ2n) is 6.03. The molecule has 0 amide bonds. The third kappa shape index (κ3) is 3.92. The van der Waals surface area contributed by atoms with Crippen LogP contribution in [0.4, 0.5) is 0 Å². The Morgan fingerprint density at radius 3 is 2.67 bits per heavy atom. The quantitative estimate of drug-likeness (QED) is 0.782. The SMILES string of the molecule is CCC(Cc1cc(-c2ccccc2)ns1)CN1CCCC1. The summed E-state index contributed by atoms with van der Waals surface area (Å²) in [5, 5.41) is 0. The molecule has 2 heterocycles. The van der Waals surface area contributed by atoms with E-state index in [2.05, 4.69) is 52.6 Å². The van der Waals surface area contributed by atoms with Gasteiger partial charge in [-0.25, -0.2) is 0 Å².